The van der Waals surface area contributed by atoms with Crippen LogP contribution in [0.2, 0.25) is 5.02 Å². The van der Waals surface area contributed by atoms with Crippen LogP contribution >= 0.6 is 11.6 Å². The minimum absolute atomic E-state index is 0.0492. The van der Waals surface area contributed by atoms with E-state index in [2.05, 4.69) is 17.0 Å². The predicted octanol–water partition coefficient (Wildman–Crippen LogP) is 5.29. The first kappa shape index (κ1) is 18.9. The normalized spacial score (nSPS) is 19.1. The second kappa shape index (κ2) is 9.20. The third-order valence-electron chi connectivity index (χ3n) is 5.02. The fourth-order valence-electron chi connectivity index (χ4n) is 3.64. The first-order chi connectivity index (χ1) is 12.6. The second-order valence-corrected chi connectivity index (χ2v) is 7.35. The standard InChI is InChI=1S/C22H26ClNO2/c1-17(25)21-9-5-6-15-24(21)16-14-22(18-7-3-2-4-8-18)26-20-12-10-19(23)11-13-20/h2-4,7-8,10-13,21-22H,5-6,9,14-16H2,1H3. The Kier molecular flexibility index (Phi) is 6.70. The predicted molar refractivity (Wildman–Crippen MR) is 106 cm³/mol. The molecular weight excluding hydrogens is 346 g/mol. The second-order valence-electron chi connectivity index (χ2n) is 6.92. The summed E-state index contributed by atoms with van der Waals surface area (Å²) < 4.78 is 6.27. The van der Waals surface area contributed by atoms with Gasteiger partial charge in [-0.1, -0.05) is 48.4 Å². The van der Waals surface area contributed by atoms with Crippen LogP contribution in [0, 0.1) is 0 Å². The van der Waals surface area contributed by atoms with Gasteiger partial charge in [0, 0.05) is 18.0 Å². The monoisotopic (exact) mass is 371 g/mol. The number of likely N-dealkylation sites (tertiary alicyclic amines) is 1. The maximum absolute atomic E-state index is 12.0. The van der Waals surface area contributed by atoms with Crippen molar-refractivity contribution in [3.8, 4) is 5.75 Å². The molecule has 1 aliphatic rings. The van der Waals surface area contributed by atoms with E-state index in [9.17, 15) is 4.79 Å². The Bertz CT molecular complexity index is 702. The lowest BCUT2D eigenvalue weighted by Crippen LogP contribution is -2.44. The molecule has 1 heterocycles. The van der Waals surface area contributed by atoms with Gasteiger partial charge in [-0.3, -0.25) is 9.69 Å². The van der Waals surface area contributed by atoms with Crippen molar-refractivity contribution in [2.75, 3.05) is 13.1 Å². The Labute approximate surface area is 160 Å². The van der Waals surface area contributed by atoms with Crippen LogP contribution in [0.5, 0.6) is 5.75 Å². The number of hydrogen-bond donors (Lipinski definition) is 0. The van der Waals surface area contributed by atoms with Gasteiger partial charge in [0.2, 0.25) is 0 Å². The van der Waals surface area contributed by atoms with E-state index in [1.807, 2.05) is 42.5 Å². The number of ether oxygens (including phenoxy) is 1. The summed E-state index contributed by atoms with van der Waals surface area (Å²) in [7, 11) is 0. The zero-order valence-electron chi connectivity index (χ0n) is 15.2. The van der Waals surface area contributed by atoms with Gasteiger partial charge in [-0.2, -0.15) is 0 Å². The van der Waals surface area contributed by atoms with Gasteiger partial charge in [0.25, 0.3) is 0 Å². The van der Waals surface area contributed by atoms with Crippen LogP contribution in [-0.4, -0.2) is 29.8 Å². The SMILES string of the molecule is CC(=O)C1CCCCN1CCC(Oc1ccc(Cl)cc1)c1ccccc1. The lowest BCUT2D eigenvalue weighted by molar-refractivity contribution is -0.123. The number of benzene rings is 2. The van der Waals surface area contributed by atoms with Crippen LogP contribution in [0.3, 0.4) is 0 Å². The summed E-state index contributed by atoms with van der Waals surface area (Å²) in [5.41, 5.74) is 1.15. The molecule has 0 aliphatic carbocycles. The first-order valence-corrected chi connectivity index (χ1v) is 9.73. The molecule has 2 aromatic carbocycles. The number of carbonyl (C=O) groups is 1. The van der Waals surface area contributed by atoms with Crippen molar-refractivity contribution in [3.63, 3.8) is 0 Å². The average Bonchev–Trinajstić information content (AvgIpc) is 2.67. The number of Topliss-reactive ketones (excluding diaryl/α,β-unsaturated/α-hetero) is 1. The van der Waals surface area contributed by atoms with E-state index in [4.69, 9.17) is 16.3 Å². The molecule has 0 N–H and O–H groups in total. The van der Waals surface area contributed by atoms with Crippen LogP contribution < -0.4 is 4.74 Å². The summed E-state index contributed by atoms with van der Waals surface area (Å²) in [6.07, 6.45) is 4.08. The van der Waals surface area contributed by atoms with E-state index < -0.39 is 0 Å². The molecule has 1 fully saturated rings. The van der Waals surface area contributed by atoms with Gasteiger partial charge in [-0.05, 0) is 56.1 Å². The molecule has 0 radical (unpaired) electrons. The van der Waals surface area contributed by atoms with Crippen LogP contribution in [0.1, 0.15) is 44.3 Å². The van der Waals surface area contributed by atoms with Crippen molar-refractivity contribution in [2.24, 2.45) is 0 Å². The van der Waals surface area contributed by atoms with Gasteiger partial charge < -0.3 is 4.74 Å². The average molecular weight is 372 g/mol. The quantitative estimate of drug-likeness (QED) is 0.661. The van der Waals surface area contributed by atoms with E-state index in [1.165, 1.54) is 0 Å². The van der Waals surface area contributed by atoms with Crippen LogP contribution in [0.4, 0.5) is 0 Å². The van der Waals surface area contributed by atoms with Crippen molar-refractivity contribution in [1.82, 2.24) is 4.90 Å². The van der Waals surface area contributed by atoms with Crippen molar-refractivity contribution >= 4 is 17.4 Å². The summed E-state index contributed by atoms with van der Waals surface area (Å²) in [6, 6.07) is 17.8. The molecule has 0 spiro atoms. The third-order valence-corrected chi connectivity index (χ3v) is 5.28. The van der Waals surface area contributed by atoms with Gasteiger partial charge in [0.1, 0.15) is 17.6 Å². The van der Waals surface area contributed by atoms with Gasteiger partial charge in [0.15, 0.2) is 0 Å². The number of nitrogens with zero attached hydrogens (tertiary/aromatic N) is 1. The maximum atomic E-state index is 12.0. The fourth-order valence-corrected chi connectivity index (χ4v) is 3.77. The Morgan fingerprint density at radius 2 is 1.88 bits per heavy atom. The number of hydrogen-bond acceptors (Lipinski definition) is 3. The first-order valence-electron chi connectivity index (χ1n) is 9.35. The lowest BCUT2D eigenvalue weighted by atomic mass is 9.98. The molecule has 0 saturated carbocycles. The molecule has 26 heavy (non-hydrogen) atoms. The summed E-state index contributed by atoms with van der Waals surface area (Å²) in [5.74, 6) is 1.09. The zero-order chi connectivity index (χ0) is 18.4. The Morgan fingerprint density at radius 1 is 1.15 bits per heavy atom. The Hall–Kier alpha value is -1.84. The van der Waals surface area contributed by atoms with E-state index >= 15 is 0 Å². The highest BCUT2D eigenvalue weighted by Gasteiger charge is 2.27. The summed E-state index contributed by atoms with van der Waals surface area (Å²) in [4.78, 5) is 14.3. The van der Waals surface area contributed by atoms with Crippen LogP contribution in [-0.2, 0) is 4.79 Å². The summed E-state index contributed by atoms with van der Waals surface area (Å²) in [6.45, 7) is 3.56. The Morgan fingerprint density at radius 3 is 2.58 bits per heavy atom. The van der Waals surface area contributed by atoms with Crippen LogP contribution in [0.15, 0.2) is 54.6 Å². The number of ketones is 1. The number of carbonyl (C=O) groups excluding carboxylic acids is 1. The minimum atomic E-state index is -0.0492. The molecule has 2 aromatic rings. The highest BCUT2D eigenvalue weighted by atomic mass is 35.5. The van der Waals surface area contributed by atoms with Crippen molar-refractivity contribution in [3.05, 3.63) is 65.2 Å². The largest absolute Gasteiger partial charge is 0.486 e. The molecule has 4 heteroatoms. The smallest absolute Gasteiger partial charge is 0.146 e. The Balaban J connectivity index is 1.71. The van der Waals surface area contributed by atoms with E-state index in [1.54, 1.807) is 6.92 Å². The van der Waals surface area contributed by atoms with Crippen LogP contribution in [0.25, 0.3) is 0 Å². The molecular formula is C22H26ClNO2. The van der Waals surface area contributed by atoms with Gasteiger partial charge in [-0.25, -0.2) is 0 Å². The molecule has 0 aromatic heterocycles. The van der Waals surface area contributed by atoms with Crippen molar-refractivity contribution < 1.29 is 9.53 Å². The molecule has 0 bridgehead atoms. The van der Waals surface area contributed by atoms with E-state index in [0.29, 0.717) is 5.02 Å². The highest BCUT2D eigenvalue weighted by Crippen LogP contribution is 2.27. The number of rotatable bonds is 7. The molecule has 1 aliphatic heterocycles. The highest BCUT2D eigenvalue weighted by molar-refractivity contribution is 6.30. The fraction of sp³-hybridized carbons (Fsp3) is 0.409. The molecule has 2 unspecified atom stereocenters. The molecule has 0 amide bonds. The topological polar surface area (TPSA) is 29.5 Å². The van der Waals surface area contributed by atoms with Gasteiger partial charge in [-0.15, -0.1) is 0 Å². The van der Waals surface area contributed by atoms with Crippen molar-refractivity contribution in [1.29, 1.82) is 0 Å². The molecule has 138 valence electrons. The van der Waals surface area contributed by atoms with Crippen molar-refractivity contribution in [2.45, 2.75) is 44.8 Å². The lowest BCUT2D eigenvalue weighted by Gasteiger charge is -2.35. The molecule has 3 rings (SSSR count). The van der Waals surface area contributed by atoms with Gasteiger partial charge in [0.05, 0.1) is 6.04 Å². The van der Waals surface area contributed by atoms with E-state index in [-0.39, 0.29) is 17.9 Å². The minimum Gasteiger partial charge on any atom is -0.486 e. The summed E-state index contributed by atoms with van der Waals surface area (Å²) in [5, 5.41) is 0.700. The maximum Gasteiger partial charge on any atom is 0.146 e. The molecule has 3 nitrogen and oxygen atoms in total. The van der Waals surface area contributed by atoms with E-state index in [0.717, 1.165) is 50.1 Å². The number of halogens is 1. The zero-order valence-corrected chi connectivity index (χ0v) is 16.0. The number of piperidine rings is 1. The third kappa shape index (κ3) is 5.09. The van der Waals surface area contributed by atoms with Gasteiger partial charge >= 0.3 is 0 Å². The summed E-state index contributed by atoms with van der Waals surface area (Å²) >= 11 is 5.98. The molecule has 1 saturated heterocycles. The molecule has 2 atom stereocenters.